The molecular weight excluding hydrogens is 407 g/mol. The molecule has 0 amide bonds. The van der Waals surface area contributed by atoms with Crippen LogP contribution in [0.5, 0.6) is 11.5 Å². The molecule has 0 aliphatic carbocycles. The number of rotatable bonds is 9. The minimum absolute atomic E-state index is 0.283. The molecule has 2 aromatic carbocycles. The van der Waals surface area contributed by atoms with Gasteiger partial charge < -0.3 is 14.7 Å². The summed E-state index contributed by atoms with van der Waals surface area (Å²) in [6.07, 6.45) is -3.25. The van der Waals surface area contributed by atoms with E-state index in [9.17, 15) is 18.3 Å². The second-order valence-electron chi connectivity index (χ2n) is 7.30. The molecule has 0 bridgehead atoms. The van der Waals surface area contributed by atoms with Crippen molar-refractivity contribution in [2.24, 2.45) is 0 Å². The van der Waals surface area contributed by atoms with E-state index in [1.807, 2.05) is 37.9 Å². The number of ether oxygens (including phenoxy) is 1. The summed E-state index contributed by atoms with van der Waals surface area (Å²) in [6.45, 7) is 4.76. The first kappa shape index (κ1) is 24.1. The van der Waals surface area contributed by atoms with E-state index in [0.717, 1.165) is 17.3 Å². The van der Waals surface area contributed by atoms with Gasteiger partial charge in [0.2, 0.25) is 0 Å². The van der Waals surface area contributed by atoms with Crippen LogP contribution in [0.25, 0.3) is 0 Å². The Morgan fingerprint density at radius 3 is 2.55 bits per heavy atom. The summed E-state index contributed by atoms with van der Waals surface area (Å²) >= 11 is 0. The molecule has 31 heavy (non-hydrogen) atoms. The molecule has 5 nitrogen and oxygen atoms in total. The van der Waals surface area contributed by atoms with Gasteiger partial charge in [0.15, 0.2) is 0 Å². The molecule has 0 radical (unpaired) electrons. The van der Waals surface area contributed by atoms with Gasteiger partial charge in [-0.2, -0.15) is 18.4 Å². The van der Waals surface area contributed by atoms with Crippen LogP contribution in [-0.4, -0.2) is 37.2 Å². The quantitative estimate of drug-likeness (QED) is 0.412. The van der Waals surface area contributed by atoms with Crippen molar-refractivity contribution >= 4 is 11.4 Å². The van der Waals surface area contributed by atoms with Crippen molar-refractivity contribution in [1.29, 1.82) is 10.7 Å². The summed E-state index contributed by atoms with van der Waals surface area (Å²) in [4.78, 5) is 2.04. The molecule has 0 saturated heterocycles. The minimum Gasteiger partial charge on any atom is -0.507 e. The molecule has 0 spiro atoms. The molecule has 0 atom stereocenters. The van der Waals surface area contributed by atoms with Gasteiger partial charge in [0.05, 0.1) is 18.2 Å². The van der Waals surface area contributed by atoms with E-state index >= 15 is 0 Å². The zero-order valence-corrected chi connectivity index (χ0v) is 17.8. The van der Waals surface area contributed by atoms with Crippen LogP contribution in [-0.2, 0) is 6.42 Å². The molecule has 2 N–H and O–H groups in total. The lowest BCUT2D eigenvalue weighted by molar-refractivity contribution is -0.0588. The van der Waals surface area contributed by atoms with Crippen LogP contribution >= 0.6 is 0 Å². The van der Waals surface area contributed by atoms with Gasteiger partial charge in [-0.05, 0) is 55.7 Å². The third kappa shape index (κ3) is 5.91. The fraction of sp³-hybridized carbons (Fsp3) is 0.391. The molecule has 0 saturated carbocycles. The van der Waals surface area contributed by atoms with Crippen molar-refractivity contribution in [3.05, 3.63) is 52.6 Å². The zero-order valence-electron chi connectivity index (χ0n) is 17.8. The fourth-order valence-corrected chi connectivity index (χ4v) is 3.36. The molecule has 8 heteroatoms. The Labute approximate surface area is 180 Å². The van der Waals surface area contributed by atoms with Crippen LogP contribution in [0.2, 0.25) is 0 Å². The van der Waals surface area contributed by atoms with Gasteiger partial charge in [-0.25, -0.2) is 0 Å². The van der Waals surface area contributed by atoms with E-state index in [0.29, 0.717) is 43.7 Å². The second-order valence-corrected chi connectivity index (χ2v) is 7.30. The van der Waals surface area contributed by atoms with Crippen LogP contribution in [0, 0.1) is 23.7 Å². The maximum Gasteiger partial charge on any atom is 0.433 e. The molecule has 2 rings (SSSR count). The topological polar surface area (TPSA) is 80.3 Å². The predicted octanol–water partition coefficient (Wildman–Crippen LogP) is 5.36. The number of halogens is 3. The summed E-state index contributed by atoms with van der Waals surface area (Å²) in [7, 11) is 1.93. The van der Waals surface area contributed by atoms with Crippen molar-refractivity contribution in [3.63, 3.8) is 0 Å². The lowest BCUT2D eigenvalue weighted by Gasteiger charge is -2.22. The number of hydrogen-bond acceptors (Lipinski definition) is 5. The first-order valence-corrected chi connectivity index (χ1v) is 9.95. The Balaban J connectivity index is 2.05. The van der Waals surface area contributed by atoms with Crippen molar-refractivity contribution < 1.29 is 23.0 Å². The highest BCUT2D eigenvalue weighted by molar-refractivity contribution is 6.04. The number of hydrogen-bond donors (Lipinski definition) is 2. The van der Waals surface area contributed by atoms with Crippen LogP contribution in [0.4, 0.5) is 18.9 Å². The van der Waals surface area contributed by atoms with Crippen LogP contribution < -0.4 is 9.64 Å². The van der Waals surface area contributed by atoms with Crippen molar-refractivity contribution in [1.82, 2.24) is 0 Å². The fourth-order valence-electron chi connectivity index (χ4n) is 3.36. The average molecular weight is 433 g/mol. The average Bonchev–Trinajstić information content (AvgIpc) is 2.72. The van der Waals surface area contributed by atoms with Crippen molar-refractivity contribution in [2.45, 2.75) is 39.3 Å². The Morgan fingerprint density at radius 1 is 1.26 bits per heavy atom. The first-order valence-electron chi connectivity index (χ1n) is 9.95. The summed E-state index contributed by atoms with van der Waals surface area (Å²) in [5.41, 5.74) is 0.750. The Kier molecular flexibility index (Phi) is 7.92. The predicted molar refractivity (Wildman–Crippen MR) is 114 cm³/mol. The molecule has 0 fully saturated rings. The van der Waals surface area contributed by atoms with Gasteiger partial charge in [0.25, 0.3) is 0 Å². The van der Waals surface area contributed by atoms with Crippen LogP contribution in [0.1, 0.15) is 42.0 Å². The molecule has 0 unspecified atom stereocenters. The van der Waals surface area contributed by atoms with E-state index in [1.54, 1.807) is 6.07 Å². The van der Waals surface area contributed by atoms with Gasteiger partial charge in [-0.3, -0.25) is 5.41 Å². The number of aryl methyl sites for hydroxylation is 1. The highest BCUT2D eigenvalue weighted by atomic mass is 19.4. The summed E-state index contributed by atoms with van der Waals surface area (Å²) in [6, 6.07) is 10.0. The molecule has 0 aliphatic heterocycles. The Hall–Kier alpha value is -3.21. The number of aromatic hydroxyl groups is 1. The lowest BCUT2D eigenvalue weighted by Crippen LogP contribution is -2.23. The number of phenols is 1. The molecule has 0 heterocycles. The number of phenolic OH excluding ortho intramolecular Hbond substituents is 1. The number of nitriles is 1. The SMILES string of the molecule is CCCc1c(OCCCN(C)c2ccc(C#N)cc2C)ccc(C(=N)C(F)(F)F)c1O. The lowest BCUT2D eigenvalue weighted by atomic mass is 10.00. The third-order valence-electron chi connectivity index (χ3n) is 4.93. The number of nitrogens with zero attached hydrogens (tertiary/aromatic N) is 2. The van der Waals surface area contributed by atoms with Gasteiger partial charge in [-0.15, -0.1) is 0 Å². The smallest absolute Gasteiger partial charge is 0.433 e. The van der Waals surface area contributed by atoms with E-state index < -0.39 is 23.2 Å². The number of alkyl halides is 3. The highest BCUT2D eigenvalue weighted by Gasteiger charge is 2.37. The number of nitrogens with one attached hydrogen (secondary N) is 1. The zero-order chi connectivity index (χ0) is 23.2. The highest BCUT2D eigenvalue weighted by Crippen LogP contribution is 2.36. The maximum absolute atomic E-state index is 12.9. The van der Waals surface area contributed by atoms with Gasteiger partial charge in [0.1, 0.15) is 17.2 Å². The normalized spacial score (nSPS) is 11.1. The maximum atomic E-state index is 12.9. The van der Waals surface area contributed by atoms with Gasteiger partial charge in [0, 0.05) is 30.4 Å². The summed E-state index contributed by atoms with van der Waals surface area (Å²) < 4.78 is 44.4. The van der Waals surface area contributed by atoms with Gasteiger partial charge >= 0.3 is 6.18 Å². The van der Waals surface area contributed by atoms with Crippen molar-refractivity contribution in [3.8, 4) is 17.6 Å². The molecular formula is C23H26F3N3O2. The summed E-state index contributed by atoms with van der Waals surface area (Å²) in [5, 5.41) is 26.6. The van der Waals surface area contributed by atoms with E-state index in [2.05, 4.69) is 6.07 Å². The number of anilines is 1. The molecule has 166 valence electrons. The van der Waals surface area contributed by atoms with E-state index in [4.69, 9.17) is 15.4 Å². The van der Waals surface area contributed by atoms with Gasteiger partial charge in [-0.1, -0.05) is 13.3 Å². The Morgan fingerprint density at radius 2 is 1.97 bits per heavy atom. The standard InChI is InChI=1S/C23H26F3N3O2/c1-4-6-17-20(10-8-18(21(17)30)22(28)23(24,25)26)31-12-5-11-29(3)19-9-7-16(14-27)13-15(19)2/h7-10,13,28,30H,4-6,11-12H2,1-3H3. The summed E-state index contributed by atoms with van der Waals surface area (Å²) in [5.74, 6) is -0.220. The monoisotopic (exact) mass is 433 g/mol. The van der Waals surface area contributed by atoms with Crippen LogP contribution in [0.3, 0.4) is 0 Å². The minimum atomic E-state index is -4.84. The Bertz CT molecular complexity index is 981. The molecule has 0 aliphatic rings. The molecule has 2 aromatic rings. The van der Waals surface area contributed by atoms with Crippen molar-refractivity contribution in [2.75, 3.05) is 25.1 Å². The van der Waals surface area contributed by atoms with E-state index in [1.165, 1.54) is 6.07 Å². The number of benzene rings is 2. The van der Waals surface area contributed by atoms with E-state index in [-0.39, 0.29) is 5.56 Å². The molecule has 0 aromatic heterocycles. The van der Waals surface area contributed by atoms with Crippen LogP contribution in [0.15, 0.2) is 30.3 Å². The largest absolute Gasteiger partial charge is 0.507 e. The first-order chi connectivity index (χ1) is 14.6. The second kappa shape index (κ2) is 10.2. The third-order valence-corrected chi connectivity index (χ3v) is 4.93.